The van der Waals surface area contributed by atoms with Crippen LogP contribution in [0, 0.1) is 5.41 Å². The second-order valence-electron chi connectivity index (χ2n) is 5.47. The minimum atomic E-state index is -0.0370. The maximum absolute atomic E-state index is 12.2. The minimum absolute atomic E-state index is 0.00360. The van der Waals surface area contributed by atoms with Crippen LogP contribution in [-0.4, -0.2) is 32.4 Å². The lowest BCUT2D eigenvalue weighted by molar-refractivity contribution is 0.0932. The van der Waals surface area contributed by atoms with Gasteiger partial charge in [-0.15, -0.1) is 11.6 Å². The van der Waals surface area contributed by atoms with E-state index in [1.54, 1.807) is 0 Å². The molecule has 0 aliphatic rings. The molecule has 0 spiro atoms. The average molecular weight is 297 g/mol. The van der Waals surface area contributed by atoms with Gasteiger partial charge in [-0.25, -0.2) is 0 Å². The first-order valence-corrected chi connectivity index (χ1v) is 7.63. The van der Waals surface area contributed by atoms with Crippen molar-refractivity contribution in [2.45, 2.75) is 26.7 Å². The lowest BCUT2D eigenvalue weighted by Gasteiger charge is -2.29. The van der Waals surface area contributed by atoms with Crippen molar-refractivity contribution in [1.82, 2.24) is 5.32 Å². The molecule has 1 rings (SSSR count). The average Bonchev–Trinajstić information content (AvgIpc) is 2.49. The summed E-state index contributed by atoms with van der Waals surface area (Å²) in [4.78, 5) is 14.2. The Bertz CT molecular complexity index is 434. The minimum Gasteiger partial charge on any atom is -0.378 e. The molecule has 1 aromatic carbocycles. The van der Waals surface area contributed by atoms with Crippen molar-refractivity contribution in [3.63, 3.8) is 0 Å². The number of nitrogens with one attached hydrogen (secondary N) is 1. The summed E-state index contributed by atoms with van der Waals surface area (Å²) >= 11 is 6.06. The predicted octanol–water partition coefficient (Wildman–Crippen LogP) is 3.53. The molecule has 1 amide bonds. The summed E-state index contributed by atoms with van der Waals surface area (Å²) in [5.41, 5.74) is 1.70. The van der Waals surface area contributed by atoms with Gasteiger partial charge in [0.25, 0.3) is 5.91 Å². The molecule has 0 saturated carbocycles. The van der Waals surface area contributed by atoms with Crippen molar-refractivity contribution in [2.75, 3.05) is 31.4 Å². The molecule has 0 aromatic heterocycles. The zero-order valence-electron chi connectivity index (χ0n) is 12.9. The lowest BCUT2D eigenvalue weighted by Crippen LogP contribution is -2.38. The third-order valence-corrected chi connectivity index (χ3v) is 4.60. The van der Waals surface area contributed by atoms with Gasteiger partial charge in [-0.05, 0) is 31.0 Å². The molecule has 4 heteroatoms. The Labute approximate surface area is 127 Å². The number of carbonyl (C=O) groups excluding carboxylic acids is 1. The van der Waals surface area contributed by atoms with Crippen LogP contribution in [-0.2, 0) is 0 Å². The molecule has 0 heterocycles. The lowest BCUT2D eigenvalue weighted by atomic mass is 9.84. The Morgan fingerprint density at radius 1 is 1.30 bits per heavy atom. The van der Waals surface area contributed by atoms with Crippen molar-refractivity contribution in [1.29, 1.82) is 0 Å². The molecule has 0 atom stereocenters. The van der Waals surface area contributed by atoms with Crippen LogP contribution in [0.4, 0.5) is 5.69 Å². The van der Waals surface area contributed by atoms with E-state index in [9.17, 15) is 4.79 Å². The molecule has 20 heavy (non-hydrogen) atoms. The topological polar surface area (TPSA) is 32.3 Å². The fraction of sp³-hybridized carbons (Fsp3) is 0.562. The zero-order valence-corrected chi connectivity index (χ0v) is 13.6. The fourth-order valence-electron chi connectivity index (χ4n) is 2.03. The van der Waals surface area contributed by atoms with Crippen LogP contribution in [0.1, 0.15) is 37.0 Å². The number of anilines is 1. The molecule has 0 radical (unpaired) electrons. The molecular formula is C16H25ClN2O. The molecule has 0 bridgehead atoms. The molecule has 0 aliphatic carbocycles. The van der Waals surface area contributed by atoms with Crippen LogP contribution in [0.3, 0.4) is 0 Å². The largest absolute Gasteiger partial charge is 0.378 e. The first kappa shape index (κ1) is 16.8. The highest BCUT2D eigenvalue weighted by molar-refractivity contribution is 6.18. The van der Waals surface area contributed by atoms with Gasteiger partial charge in [-0.1, -0.05) is 19.9 Å². The molecule has 112 valence electrons. The molecule has 0 aliphatic heterocycles. The summed E-state index contributed by atoms with van der Waals surface area (Å²) in [6.07, 6.45) is 1.93. The van der Waals surface area contributed by atoms with Crippen molar-refractivity contribution in [2.24, 2.45) is 5.41 Å². The third kappa shape index (κ3) is 4.14. The Morgan fingerprint density at radius 3 is 2.45 bits per heavy atom. The number of amides is 1. The highest BCUT2D eigenvalue weighted by Gasteiger charge is 2.25. The van der Waals surface area contributed by atoms with E-state index in [0.717, 1.165) is 18.5 Å². The summed E-state index contributed by atoms with van der Waals surface area (Å²) in [5.74, 6) is 0.531. The Hall–Kier alpha value is -1.22. The van der Waals surface area contributed by atoms with Crippen LogP contribution in [0.5, 0.6) is 0 Å². The van der Waals surface area contributed by atoms with Gasteiger partial charge >= 0.3 is 0 Å². The zero-order chi connectivity index (χ0) is 15.2. The molecule has 0 fully saturated rings. The van der Waals surface area contributed by atoms with E-state index in [-0.39, 0.29) is 11.3 Å². The number of hydrogen-bond acceptors (Lipinski definition) is 2. The summed E-state index contributed by atoms with van der Waals surface area (Å²) in [6.45, 7) is 4.85. The Morgan fingerprint density at radius 2 is 1.95 bits per heavy atom. The smallest absolute Gasteiger partial charge is 0.251 e. The Kier molecular flexibility index (Phi) is 6.34. The van der Waals surface area contributed by atoms with Gasteiger partial charge in [0, 0.05) is 43.2 Å². The second kappa shape index (κ2) is 7.53. The van der Waals surface area contributed by atoms with Gasteiger partial charge in [0.2, 0.25) is 0 Å². The summed E-state index contributed by atoms with van der Waals surface area (Å²) < 4.78 is 0. The number of rotatable bonds is 7. The van der Waals surface area contributed by atoms with E-state index < -0.39 is 0 Å². The van der Waals surface area contributed by atoms with Crippen LogP contribution >= 0.6 is 11.6 Å². The van der Waals surface area contributed by atoms with Gasteiger partial charge in [-0.2, -0.15) is 0 Å². The van der Waals surface area contributed by atoms with E-state index in [2.05, 4.69) is 19.2 Å². The number of alkyl halides is 1. The molecule has 3 nitrogen and oxygen atoms in total. The van der Waals surface area contributed by atoms with E-state index in [1.807, 2.05) is 43.3 Å². The quantitative estimate of drug-likeness (QED) is 0.781. The number of halogens is 1. The standard InChI is InChI=1S/C16H25ClN2O/c1-5-16(6-2,11-17)12-18-15(20)13-8-7-9-14(10-13)19(3)4/h7-10H,5-6,11-12H2,1-4H3,(H,18,20). The summed E-state index contributed by atoms with van der Waals surface area (Å²) in [5, 5.41) is 3.02. The highest BCUT2D eigenvalue weighted by atomic mass is 35.5. The first-order chi connectivity index (χ1) is 9.48. The van der Waals surface area contributed by atoms with Crippen LogP contribution in [0.15, 0.2) is 24.3 Å². The van der Waals surface area contributed by atoms with E-state index in [0.29, 0.717) is 18.0 Å². The summed E-state index contributed by atoms with van der Waals surface area (Å²) in [6, 6.07) is 7.62. The van der Waals surface area contributed by atoms with Crippen LogP contribution in [0.25, 0.3) is 0 Å². The first-order valence-electron chi connectivity index (χ1n) is 7.09. The van der Waals surface area contributed by atoms with Crippen molar-refractivity contribution >= 4 is 23.2 Å². The highest BCUT2D eigenvalue weighted by Crippen LogP contribution is 2.27. The van der Waals surface area contributed by atoms with Crippen molar-refractivity contribution in [3.05, 3.63) is 29.8 Å². The number of hydrogen-bond donors (Lipinski definition) is 1. The van der Waals surface area contributed by atoms with Gasteiger partial charge in [0.15, 0.2) is 0 Å². The fourth-order valence-corrected chi connectivity index (χ4v) is 2.50. The molecule has 0 saturated heterocycles. The van der Waals surface area contributed by atoms with Gasteiger partial charge < -0.3 is 10.2 Å². The molecule has 0 unspecified atom stereocenters. The maximum atomic E-state index is 12.2. The predicted molar refractivity (Wildman–Crippen MR) is 86.8 cm³/mol. The number of carbonyl (C=O) groups is 1. The van der Waals surface area contributed by atoms with E-state index in [1.165, 1.54) is 0 Å². The number of benzene rings is 1. The van der Waals surface area contributed by atoms with Gasteiger partial charge in [0.05, 0.1) is 0 Å². The maximum Gasteiger partial charge on any atom is 0.251 e. The van der Waals surface area contributed by atoms with Gasteiger partial charge in [-0.3, -0.25) is 4.79 Å². The molecular weight excluding hydrogens is 272 g/mol. The van der Waals surface area contributed by atoms with E-state index in [4.69, 9.17) is 11.6 Å². The number of nitrogens with zero attached hydrogens (tertiary/aromatic N) is 1. The summed E-state index contributed by atoms with van der Waals surface area (Å²) in [7, 11) is 3.92. The third-order valence-electron chi connectivity index (χ3n) is 4.03. The monoisotopic (exact) mass is 296 g/mol. The van der Waals surface area contributed by atoms with Crippen molar-refractivity contribution in [3.8, 4) is 0 Å². The second-order valence-corrected chi connectivity index (χ2v) is 5.74. The van der Waals surface area contributed by atoms with Gasteiger partial charge in [0.1, 0.15) is 0 Å². The molecule has 1 aromatic rings. The van der Waals surface area contributed by atoms with Crippen molar-refractivity contribution < 1.29 is 4.79 Å². The van der Waals surface area contributed by atoms with Crippen LogP contribution in [0.2, 0.25) is 0 Å². The van der Waals surface area contributed by atoms with E-state index >= 15 is 0 Å². The SMILES string of the molecule is CCC(CC)(CCl)CNC(=O)c1cccc(N(C)C)c1. The Balaban J connectivity index is 2.74. The molecule has 1 N–H and O–H groups in total. The normalized spacial score (nSPS) is 11.2. The van der Waals surface area contributed by atoms with Crippen LogP contribution < -0.4 is 10.2 Å².